The van der Waals surface area contributed by atoms with Gasteiger partial charge in [-0.25, -0.2) is 0 Å². The van der Waals surface area contributed by atoms with E-state index < -0.39 is 36.2 Å². The van der Waals surface area contributed by atoms with Gasteiger partial charge in [-0.2, -0.15) is 0 Å². The molecular weight excluding hydrogens is 240 g/mol. The van der Waals surface area contributed by atoms with E-state index in [0.717, 1.165) is 0 Å². The fraction of sp³-hybridized carbons (Fsp3) is 0.917. The highest BCUT2D eigenvalue weighted by Crippen LogP contribution is 2.32. The van der Waals surface area contributed by atoms with Crippen LogP contribution in [0.3, 0.4) is 0 Å². The van der Waals surface area contributed by atoms with E-state index in [4.69, 9.17) is 14.2 Å². The van der Waals surface area contributed by atoms with Crippen molar-refractivity contribution in [2.24, 2.45) is 5.92 Å². The van der Waals surface area contributed by atoms with E-state index in [1.165, 1.54) is 7.11 Å². The number of rotatable bonds is 3. The van der Waals surface area contributed by atoms with Crippen LogP contribution in [-0.2, 0) is 19.0 Å². The van der Waals surface area contributed by atoms with Crippen LogP contribution in [0.4, 0.5) is 0 Å². The highest BCUT2D eigenvalue weighted by atomic mass is 16.7. The molecule has 1 saturated heterocycles. The lowest BCUT2D eigenvalue weighted by Gasteiger charge is -2.46. The quantitative estimate of drug-likeness (QED) is 0.699. The summed E-state index contributed by atoms with van der Waals surface area (Å²) in [4.78, 5) is 11.6. The summed E-state index contributed by atoms with van der Waals surface area (Å²) < 4.78 is 15.6. The highest BCUT2D eigenvalue weighted by molar-refractivity contribution is 5.71. The number of ether oxygens (including phenoxy) is 3. The van der Waals surface area contributed by atoms with Crippen LogP contribution < -0.4 is 0 Å². The summed E-state index contributed by atoms with van der Waals surface area (Å²) in [6.45, 7) is 6.73. The number of hydrogen-bond donors (Lipinski definition) is 2. The topological polar surface area (TPSA) is 85.2 Å². The highest BCUT2D eigenvalue weighted by Gasteiger charge is 2.51. The van der Waals surface area contributed by atoms with Crippen LogP contribution in [0.1, 0.15) is 27.7 Å². The van der Waals surface area contributed by atoms with Gasteiger partial charge in [-0.3, -0.25) is 4.79 Å². The van der Waals surface area contributed by atoms with Crippen LogP contribution in [0, 0.1) is 5.92 Å². The Morgan fingerprint density at radius 3 is 2.28 bits per heavy atom. The van der Waals surface area contributed by atoms with E-state index in [2.05, 4.69) is 0 Å². The SMILES string of the molecule is CO[C@@H]1OC(C)(C)[C@@H](OC(=O)C(C)C)[C@H](O)[C@@H]1O. The van der Waals surface area contributed by atoms with Gasteiger partial charge >= 0.3 is 5.97 Å². The van der Waals surface area contributed by atoms with Crippen LogP contribution in [0.15, 0.2) is 0 Å². The van der Waals surface area contributed by atoms with Crippen LogP contribution in [0.25, 0.3) is 0 Å². The summed E-state index contributed by atoms with van der Waals surface area (Å²) in [6.07, 6.45) is -4.38. The number of carbonyl (C=O) groups excluding carboxylic acids is 1. The summed E-state index contributed by atoms with van der Waals surface area (Å²) in [5, 5.41) is 19.8. The maximum atomic E-state index is 11.6. The van der Waals surface area contributed by atoms with Gasteiger partial charge in [0.1, 0.15) is 17.8 Å². The van der Waals surface area contributed by atoms with E-state index in [0.29, 0.717) is 0 Å². The molecule has 2 N–H and O–H groups in total. The minimum absolute atomic E-state index is 0.315. The first-order chi connectivity index (χ1) is 8.20. The van der Waals surface area contributed by atoms with Crippen molar-refractivity contribution in [2.45, 2.75) is 57.9 Å². The lowest BCUT2D eigenvalue weighted by atomic mass is 9.89. The molecular formula is C12H22O6. The molecule has 4 atom stereocenters. The van der Waals surface area contributed by atoms with E-state index in [9.17, 15) is 15.0 Å². The number of esters is 1. The van der Waals surface area contributed by atoms with Gasteiger partial charge in [0.15, 0.2) is 12.4 Å². The lowest BCUT2D eigenvalue weighted by molar-refractivity contribution is -0.319. The first-order valence-corrected chi connectivity index (χ1v) is 5.98. The van der Waals surface area contributed by atoms with Crippen molar-refractivity contribution in [2.75, 3.05) is 7.11 Å². The molecule has 0 aromatic carbocycles. The number of methoxy groups -OCH3 is 1. The second-order valence-corrected chi connectivity index (χ2v) is 5.32. The van der Waals surface area contributed by atoms with E-state index in [1.54, 1.807) is 27.7 Å². The Labute approximate surface area is 107 Å². The van der Waals surface area contributed by atoms with Crippen molar-refractivity contribution in [3.05, 3.63) is 0 Å². The van der Waals surface area contributed by atoms with Gasteiger partial charge in [0.25, 0.3) is 0 Å². The van der Waals surface area contributed by atoms with Crippen LogP contribution in [-0.4, -0.2) is 53.5 Å². The molecule has 1 rings (SSSR count). The Morgan fingerprint density at radius 1 is 1.28 bits per heavy atom. The van der Waals surface area contributed by atoms with Crippen LogP contribution in [0.2, 0.25) is 0 Å². The van der Waals surface area contributed by atoms with Gasteiger partial charge < -0.3 is 24.4 Å². The largest absolute Gasteiger partial charge is 0.456 e. The maximum Gasteiger partial charge on any atom is 0.308 e. The number of aliphatic hydroxyl groups excluding tert-OH is 2. The zero-order chi connectivity index (χ0) is 14.1. The maximum absolute atomic E-state index is 11.6. The summed E-state index contributed by atoms with van der Waals surface area (Å²) >= 11 is 0. The van der Waals surface area contributed by atoms with Crippen molar-refractivity contribution in [3.8, 4) is 0 Å². The third-order valence-corrected chi connectivity index (χ3v) is 2.99. The average molecular weight is 262 g/mol. The van der Waals surface area contributed by atoms with Gasteiger partial charge in [0.05, 0.1) is 5.92 Å². The van der Waals surface area contributed by atoms with Gasteiger partial charge in [-0.1, -0.05) is 13.8 Å². The lowest BCUT2D eigenvalue weighted by Crippen LogP contribution is -2.63. The second kappa shape index (κ2) is 5.52. The Balaban J connectivity index is 2.86. The van der Waals surface area contributed by atoms with Gasteiger partial charge in [0.2, 0.25) is 0 Å². The van der Waals surface area contributed by atoms with E-state index in [1.807, 2.05) is 0 Å². The van der Waals surface area contributed by atoms with Gasteiger partial charge in [-0.15, -0.1) is 0 Å². The Kier molecular flexibility index (Phi) is 4.72. The molecule has 6 heteroatoms. The third kappa shape index (κ3) is 3.00. The monoisotopic (exact) mass is 262 g/mol. The molecule has 1 heterocycles. The van der Waals surface area contributed by atoms with Crippen molar-refractivity contribution >= 4 is 5.97 Å². The Morgan fingerprint density at radius 2 is 1.83 bits per heavy atom. The summed E-state index contributed by atoms with van der Waals surface area (Å²) in [5.74, 6) is -0.760. The molecule has 0 aromatic rings. The van der Waals surface area contributed by atoms with Gasteiger partial charge in [-0.05, 0) is 13.8 Å². The minimum atomic E-state index is -1.26. The first kappa shape index (κ1) is 15.4. The van der Waals surface area contributed by atoms with E-state index in [-0.39, 0.29) is 5.92 Å². The zero-order valence-electron chi connectivity index (χ0n) is 11.4. The fourth-order valence-electron chi connectivity index (χ4n) is 1.85. The standard InChI is InChI=1S/C12H22O6/c1-6(2)10(15)17-9-7(13)8(14)11(16-5)18-12(9,3)4/h6-9,11,13-14H,1-5H3/t7-,8+,9+,11-/m1/s1. The van der Waals surface area contributed by atoms with Crippen molar-refractivity contribution in [1.82, 2.24) is 0 Å². The minimum Gasteiger partial charge on any atom is -0.456 e. The summed E-state index contributed by atoms with van der Waals surface area (Å²) in [5.41, 5.74) is -0.941. The molecule has 0 aliphatic carbocycles. The fourth-order valence-corrected chi connectivity index (χ4v) is 1.85. The second-order valence-electron chi connectivity index (χ2n) is 5.32. The van der Waals surface area contributed by atoms with Crippen LogP contribution in [0.5, 0.6) is 0 Å². The predicted octanol–water partition coefficient (Wildman–Crippen LogP) is 0.0573. The third-order valence-electron chi connectivity index (χ3n) is 2.99. The molecule has 0 bridgehead atoms. The molecule has 1 fully saturated rings. The van der Waals surface area contributed by atoms with Crippen molar-refractivity contribution < 1.29 is 29.2 Å². The molecule has 0 saturated carbocycles. The molecule has 106 valence electrons. The summed E-state index contributed by atoms with van der Waals surface area (Å²) in [7, 11) is 1.37. The Hall–Kier alpha value is -0.690. The van der Waals surface area contributed by atoms with Gasteiger partial charge in [0, 0.05) is 7.11 Å². The molecule has 0 unspecified atom stereocenters. The molecule has 1 aliphatic heterocycles. The smallest absolute Gasteiger partial charge is 0.308 e. The summed E-state index contributed by atoms with van der Waals surface area (Å²) in [6, 6.07) is 0. The normalized spacial score (nSPS) is 35.6. The number of hydrogen-bond acceptors (Lipinski definition) is 6. The average Bonchev–Trinajstić information content (AvgIpc) is 2.29. The molecule has 1 aliphatic rings. The molecule has 0 aromatic heterocycles. The molecule has 18 heavy (non-hydrogen) atoms. The molecule has 0 amide bonds. The zero-order valence-corrected chi connectivity index (χ0v) is 11.4. The molecule has 0 spiro atoms. The molecule has 6 nitrogen and oxygen atoms in total. The number of carbonyl (C=O) groups is 1. The van der Waals surface area contributed by atoms with Crippen molar-refractivity contribution in [3.63, 3.8) is 0 Å². The number of aliphatic hydroxyl groups is 2. The first-order valence-electron chi connectivity index (χ1n) is 5.98. The Bertz CT molecular complexity index is 301. The predicted molar refractivity (Wildman–Crippen MR) is 62.7 cm³/mol. The molecule has 0 radical (unpaired) electrons. The van der Waals surface area contributed by atoms with E-state index >= 15 is 0 Å². The van der Waals surface area contributed by atoms with Crippen molar-refractivity contribution in [1.29, 1.82) is 0 Å². The van der Waals surface area contributed by atoms with Crippen LogP contribution >= 0.6 is 0 Å².